The second kappa shape index (κ2) is 5.46. The molecule has 1 aromatic heterocycles. The molecule has 1 aromatic carbocycles. The molecule has 4 heteroatoms. The maximum absolute atomic E-state index is 5.94. The Hall–Kier alpha value is -1.52. The Morgan fingerprint density at radius 2 is 2.20 bits per heavy atom. The molecule has 0 amide bonds. The lowest BCUT2D eigenvalue weighted by molar-refractivity contribution is 0.130. The topological polar surface area (TPSA) is 37.6 Å². The molecule has 0 radical (unpaired) electrons. The highest BCUT2D eigenvalue weighted by Gasteiger charge is 2.23. The molecule has 3 rings (SSSR count). The third-order valence-corrected chi connectivity index (χ3v) is 4.03. The van der Waals surface area contributed by atoms with E-state index in [0.717, 1.165) is 42.1 Å². The van der Waals surface area contributed by atoms with Gasteiger partial charge in [0.1, 0.15) is 17.1 Å². The summed E-state index contributed by atoms with van der Waals surface area (Å²) < 4.78 is 11.2. The van der Waals surface area contributed by atoms with Crippen molar-refractivity contribution in [2.24, 2.45) is 0 Å². The number of fused-ring (bicyclic) bond motifs is 1. The quantitative estimate of drug-likeness (QED) is 0.933. The van der Waals surface area contributed by atoms with E-state index in [0.29, 0.717) is 12.1 Å². The smallest absolute Gasteiger partial charge is 0.134 e. The summed E-state index contributed by atoms with van der Waals surface area (Å²) >= 11 is 0. The Morgan fingerprint density at radius 3 is 3.00 bits per heavy atom. The number of hydrogen-bond acceptors (Lipinski definition) is 4. The van der Waals surface area contributed by atoms with Crippen LogP contribution in [0.25, 0.3) is 11.0 Å². The summed E-state index contributed by atoms with van der Waals surface area (Å²) in [5.74, 6) is 1.89. The second-order valence-corrected chi connectivity index (χ2v) is 5.70. The zero-order valence-corrected chi connectivity index (χ0v) is 12.3. The number of benzene rings is 1. The van der Waals surface area contributed by atoms with Crippen LogP contribution in [0.3, 0.4) is 0 Å². The summed E-state index contributed by atoms with van der Waals surface area (Å²) in [6.45, 7) is 7.44. The normalized spacial score (nSPS) is 24.1. The first-order chi connectivity index (χ1) is 9.65. The van der Waals surface area contributed by atoms with Gasteiger partial charge in [0.25, 0.3) is 0 Å². The molecule has 2 heterocycles. The molecule has 1 aliphatic heterocycles. The van der Waals surface area contributed by atoms with Crippen molar-refractivity contribution in [2.45, 2.75) is 32.5 Å². The van der Waals surface area contributed by atoms with Crippen LogP contribution in [-0.2, 0) is 6.54 Å². The van der Waals surface area contributed by atoms with E-state index < -0.39 is 0 Å². The van der Waals surface area contributed by atoms with Crippen molar-refractivity contribution in [2.75, 3.05) is 20.2 Å². The number of furan rings is 1. The number of methoxy groups -OCH3 is 1. The summed E-state index contributed by atoms with van der Waals surface area (Å²) in [5.41, 5.74) is 0.927. The number of rotatable bonds is 3. The van der Waals surface area contributed by atoms with Gasteiger partial charge >= 0.3 is 0 Å². The highest BCUT2D eigenvalue weighted by Crippen LogP contribution is 2.25. The fourth-order valence-electron chi connectivity index (χ4n) is 2.80. The van der Waals surface area contributed by atoms with Gasteiger partial charge in [0, 0.05) is 30.6 Å². The van der Waals surface area contributed by atoms with Crippen LogP contribution >= 0.6 is 0 Å². The molecule has 2 aromatic rings. The van der Waals surface area contributed by atoms with E-state index in [1.165, 1.54) is 0 Å². The lowest BCUT2D eigenvalue weighted by atomic mass is 10.1. The molecule has 1 saturated heterocycles. The predicted molar refractivity (Wildman–Crippen MR) is 80.1 cm³/mol. The molecule has 108 valence electrons. The third-order valence-electron chi connectivity index (χ3n) is 4.03. The van der Waals surface area contributed by atoms with E-state index in [1.807, 2.05) is 18.2 Å². The van der Waals surface area contributed by atoms with Crippen molar-refractivity contribution in [1.82, 2.24) is 10.2 Å². The molecule has 1 aliphatic rings. The number of hydrogen-bond donors (Lipinski definition) is 1. The molecule has 4 nitrogen and oxygen atoms in total. The van der Waals surface area contributed by atoms with Gasteiger partial charge in [-0.05, 0) is 38.1 Å². The SMILES string of the molecule is COc1ccc2oc(CN3CC(C)NCC3C)cc2c1. The number of nitrogens with one attached hydrogen (secondary N) is 1. The van der Waals surface area contributed by atoms with Gasteiger partial charge in [-0.25, -0.2) is 0 Å². The zero-order valence-electron chi connectivity index (χ0n) is 12.3. The monoisotopic (exact) mass is 274 g/mol. The van der Waals surface area contributed by atoms with E-state index in [2.05, 4.69) is 30.1 Å². The van der Waals surface area contributed by atoms with Crippen molar-refractivity contribution < 1.29 is 9.15 Å². The van der Waals surface area contributed by atoms with Crippen LogP contribution in [0, 0.1) is 0 Å². The molecule has 2 atom stereocenters. The summed E-state index contributed by atoms with van der Waals surface area (Å²) in [7, 11) is 1.69. The Morgan fingerprint density at radius 1 is 1.35 bits per heavy atom. The second-order valence-electron chi connectivity index (χ2n) is 5.70. The lowest BCUT2D eigenvalue weighted by Gasteiger charge is -2.36. The van der Waals surface area contributed by atoms with Crippen LogP contribution in [0.5, 0.6) is 5.75 Å². The van der Waals surface area contributed by atoms with E-state index in [4.69, 9.17) is 9.15 Å². The average Bonchev–Trinajstić information content (AvgIpc) is 2.84. The molecule has 0 saturated carbocycles. The van der Waals surface area contributed by atoms with Gasteiger partial charge in [0.05, 0.1) is 13.7 Å². The third kappa shape index (κ3) is 2.67. The van der Waals surface area contributed by atoms with E-state index in [1.54, 1.807) is 7.11 Å². The minimum absolute atomic E-state index is 0.536. The van der Waals surface area contributed by atoms with E-state index >= 15 is 0 Å². The first-order valence-corrected chi connectivity index (χ1v) is 7.19. The van der Waals surface area contributed by atoms with Crippen molar-refractivity contribution in [3.8, 4) is 5.75 Å². The molecule has 1 N–H and O–H groups in total. The summed E-state index contributed by atoms with van der Waals surface area (Å²) in [4.78, 5) is 2.47. The first-order valence-electron chi connectivity index (χ1n) is 7.19. The molecular formula is C16H22N2O2. The van der Waals surface area contributed by atoms with Crippen LogP contribution in [0.1, 0.15) is 19.6 Å². The van der Waals surface area contributed by atoms with Crippen LogP contribution in [0.15, 0.2) is 28.7 Å². The molecule has 0 spiro atoms. The van der Waals surface area contributed by atoms with Gasteiger partial charge in [0.15, 0.2) is 0 Å². The average molecular weight is 274 g/mol. The first kappa shape index (κ1) is 13.5. The van der Waals surface area contributed by atoms with Crippen molar-refractivity contribution in [3.63, 3.8) is 0 Å². The van der Waals surface area contributed by atoms with Crippen LogP contribution in [0.4, 0.5) is 0 Å². The Bertz CT molecular complexity index is 593. The maximum Gasteiger partial charge on any atom is 0.134 e. The predicted octanol–water partition coefficient (Wildman–Crippen LogP) is 2.62. The Labute approximate surface area is 119 Å². The number of ether oxygens (including phenoxy) is 1. The minimum atomic E-state index is 0.536. The van der Waals surface area contributed by atoms with Crippen molar-refractivity contribution in [1.29, 1.82) is 0 Å². The van der Waals surface area contributed by atoms with Crippen LogP contribution < -0.4 is 10.1 Å². The summed E-state index contributed by atoms with van der Waals surface area (Å²) in [6.07, 6.45) is 0. The number of piperazine rings is 1. The van der Waals surface area contributed by atoms with E-state index in [9.17, 15) is 0 Å². The van der Waals surface area contributed by atoms with Gasteiger partial charge in [-0.1, -0.05) is 0 Å². The molecule has 0 aliphatic carbocycles. The summed E-state index contributed by atoms with van der Waals surface area (Å²) in [6, 6.07) is 9.13. The molecular weight excluding hydrogens is 252 g/mol. The largest absolute Gasteiger partial charge is 0.497 e. The van der Waals surface area contributed by atoms with Gasteiger partial charge in [0.2, 0.25) is 0 Å². The lowest BCUT2D eigenvalue weighted by Crippen LogP contribution is -2.53. The molecule has 20 heavy (non-hydrogen) atoms. The molecule has 0 bridgehead atoms. The van der Waals surface area contributed by atoms with Gasteiger partial charge in [-0.3, -0.25) is 4.90 Å². The van der Waals surface area contributed by atoms with Crippen molar-refractivity contribution in [3.05, 3.63) is 30.0 Å². The fourth-order valence-corrected chi connectivity index (χ4v) is 2.80. The van der Waals surface area contributed by atoms with Crippen LogP contribution in [0.2, 0.25) is 0 Å². The Kier molecular flexibility index (Phi) is 3.68. The maximum atomic E-state index is 5.94. The highest BCUT2D eigenvalue weighted by atomic mass is 16.5. The zero-order chi connectivity index (χ0) is 14.1. The standard InChI is InChI=1S/C16H22N2O2/c1-11-9-18(12(2)8-17-11)10-15-7-13-6-14(19-3)4-5-16(13)20-15/h4-7,11-12,17H,8-10H2,1-3H3. The number of nitrogens with zero attached hydrogens (tertiary/aromatic N) is 1. The molecule has 2 unspecified atom stereocenters. The van der Waals surface area contributed by atoms with Gasteiger partial charge in [-0.15, -0.1) is 0 Å². The van der Waals surface area contributed by atoms with Crippen LogP contribution in [-0.4, -0.2) is 37.2 Å². The van der Waals surface area contributed by atoms with Crippen molar-refractivity contribution >= 4 is 11.0 Å². The fraction of sp³-hybridized carbons (Fsp3) is 0.500. The Balaban J connectivity index is 1.80. The van der Waals surface area contributed by atoms with Gasteiger partial charge < -0.3 is 14.5 Å². The van der Waals surface area contributed by atoms with Gasteiger partial charge in [-0.2, -0.15) is 0 Å². The highest BCUT2D eigenvalue weighted by molar-refractivity contribution is 5.79. The molecule has 1 fully saturated rings. The minimum Gasteiger partial charge on any atom is -0.497 e. The summed E-state index contributed by atoms with van der Waals surface area (Å²) in [5, 5.41) is 4.61. The van der Waals surface area contributed by atoms with E-state index in [-0.39, 0.29) is 0 Å².